The summed E-state index contributed by atoms with van der Waals surface area (Å²) in [5, 5.41) is 3.44. The van der Waals surface area contributed by atoms with E-state index in [-0.39, 0.29) is 0 Å². The van der Waals surface area contributed by atoms with Crippen molar-refractivity contribution >= 4 is 5.69 Å². The van der Waals surface area contributed by atoms with E-state index in [0.717, 1.165) is 25.6 Å². The van der Waals surface area contributed by atoms with Crippen LogP contribution in [-0.4, -0.2) is 32.8 Å². The quantitative estimate of drug-likeness (QED) is 0.798. The molecule has 2 unspecified atom stereocenters. The minimum atomic E-state index is 0.648. The van der Waals surface area contributed by atoms with Crippen molar-refractivity contribution in [2.45, 2.75) is 32.9 Å². The summed E-state index contributed by atoms with van der Waals surface area (Å²) in [6.45, 7) is 8.43. The number of anilines is 1. The molecule has 1 aromatic rings. The summed E-state index contributed by atoms with van der Waals surface area (Å²) >= 11 is 0. The van der Waals surface area contributed by atoms with E-state index in [4.69, 9.17) is 4.74 Å². The number of hydrogen-bond donors (Lipinski definition) is 1. The summed E-state index contributed by atoms with van der Waals surface area (Å²) < 4.78 is 5.07. The minimum absolute atomic E-state index is 0.648. The van der Waals surface area contributed by atoms with Gasteiger partial charge in [0.05, 0.1) is 6.61 Å². The fourth-order valence-electron chi connectivity index (χ4n) is 2.97. The van der Waals surface area contributed by atoms with Crippen molar-refractivity contribution in [2.24, 2.45) is 5.92 Å². The van der Waals surface area contributed by atoms with Crippen LogP contribution < -0.4 is 10.2 Å². The molecule has 0 aromatic heterocycles. The van der Waals surface area contributed by atoms with Gasteiger partial charge in [0.1, 0.15) is 0 Å². The van der Waals surface area contributed by atoms with E-state index < -0.39 is 0 Å². The molecule has 1 heterocycles. The summed E-state index contributed by atoms with van der Waals surface area (Å²) in [5.74, 6) is 0.796. The highest BCUT2D eigenvalue weighted by Gasteiger charge is 2.27. The van der Waals surface area contributed by atoms with Crippen molar-refractivity contribution in [1.82, 2.24) is 5.32 Å². The molecule has 0 bridgehead atoms. The van der Waals surface area contributed by atoms with E-state index >= 15 is 0 Å². The Balaban J connectivity index is 2.03. The lowest BCUT2D eigenvalue weighted by Gasteiger charge is -2.26. The van der Waals surface area contributed by atoms with Crippen molar-refractivity contribution in [2.75, 3.05) is 31.7 Å². The molecular formula is C16H26N2O. The monoisotopic (exact) mass is 262 g/mol. The fourth-order valence-corrected chi connectivity index (χ4v) is 2.97. The second kappa shape index (κ2) is 6.92. The van der Waals surface area contributed by atoms with Gasteiger partial charge < -0.3 is 15.0 Å². The zero-order valence-electron chi connectivity index (χ0n) is 12.4. The average molecular weight is 262 g/mol. The number of para-hydroxylation sites is 1. The molecule has 0 aliphatic carbocycles. The summed E-state index contributed by atoms with van der Waals surface area (Å²) in [6, 6.07) is 9.40. The molecule has 0 spiro atoms. The Kier molecular flexibility index (Phi) is 5.23. The van der Waals surface area contributed by atoms with Gasteiger partial charge in [-0.3, -0.25) is 0 Å². The molecule has 1 aliphatic heterocycles. The lowest BCUT2D eigenvalue weighted by atomic mass is 10.1. The molecule has 0 saturated carbocycles. The molecule has 19 heavy (non-hydrogen) atoms. The molecule has 3 nitrogen and oxygen atoms in total. The van der Waals surface area contributed by atoms with Gasteiger partial charge in [0, 0.05) is 38.5 Å². The number of benzene rings is 1. The third-order valence-electron chi connectivity index (χ3n) is 3.88. The first-order valence-electron chi connectivity index (χ1n) is 7.26. The van der Waals surface area contributed by atoms with Gasteiger partial charge in [-0.1, -0.05) is 25.1 Å². The predicted octanol–water partition coefficient (Wildman–Crippen LogP) is 2.66. The minimum Gasteiger partial charge on any atom is -0.383 e. The Morgan fingerprint density at radius 2 is 2.11 bits per heavy atom. The average Bonchev–Trinajstić information content (AvgIpc) is 2.74. The lowest BCUT2D eigenvalue weighted by molar-refractivity contribution is 0.199. The smallest absolute Gasteiger partial charge is 0.0587 e. The van der Waals surface area contributed by atoms with Crippen LogP contribution in [0.4, 0.5) is 5.69 Å². The van der Waals surface area contributed by atoms with Gasteiger partial charge in [-0.25, -0.2) is 0 Å². The van der Waals surface area contributed by atoms with Gasteiger partial charge in [-0.15, -0.1) is 0 Å². The first kappa shape index (κ1) is 14.4. The maximum Gasteiger partial charge on any atom is 0.0587 e. The number of ether oxygens (including phenoxy) is 1. The molecule has 1 aromatic carbocycles. The van der Waals surface area contributed by atoms with E-state index in [9.17, 15) is 0 Å². The van der Waals surface area contributed by atoms with E-state index in [1.54, 1.807) is 7.11 Å². The molecule has 2 rings (SSSR count). The van der Waals surface area contributed by atoms with Gasteiger partial charge in [0.2, 0.25) is 0 Å². The van der Waals surface area contributed by atoms with Crippen molar-refractivity contribution in [3.05, 3.63) is 29.8 Å². The molecule has 1 aliphatic rings. The van der Waals surface area contributed by atoms with Crippen LogP contribution in [0.3, 0.4) is 0 Å². The topological polar surface area (TPSA) is 24.5 Å². The van der Waals surface area contributed by atoms with Gasteiger partial charge in [-0.05, 0) is 30.9 Å². The van der Waals surface area contributed by atoms with Gasteiger partial charge in [-0.2, -0.15) is 0 Å². The highest BCUT2D eigenvalue weighted by Crippen LogP contribution is 2.31. The molecule has 1 saturated heterocycles. The zero-order valence-corrected chi connectivity index (χ0v) is 12.4. The largest absolute Gasteiger partial charge is 0.383 e. The maximum absolute atomic E-state index is 5.07. The van der Waals surface area contributed by atoms with E-state index in [1.165, 1.54) is 24.2 Å². The van der Waals surface area contributed by atoms with E-state index in [1.807, 2.05) is 0 Å². The molecular weight excluding hydrogens is 236 g/mol. The number of hydrogen-bond acceptors (Lipinski definition) is 3. The van der Waals surface area contributed by atoms with Crippen LogP contribution in [0.1, 0.15) is 25.8 Å². The first-order chi connectivity index (χ1) is 9.22. The Bertz CT molecular complexity index is 394. The second-order valence-electron chi connectivity index (χ2n) is 5.64. The first-order valence-corrected chi connectivity index (χ1v) is 7.26. The van der Waals surface area contributed by atoms with E-state index in [2.05, 4.69) is 48.3 Å². The molecule has 1 fully saturated rings. The van der Waals surface area contributed by atoms with Crippen molar-refractivity contribution in [3.8, 4) is 0 Å². The van der Waals surface area contributed by atoms with Crippen molar-refractivity contribution in [1.29, 1.82) is 0 Å². The SMILES string of the molecule is COCCNCc1ccccc1N1CC(C)CC1C. The summed E-state index contributed by atoms with van der Waals surface area (Å²) in [7, 11) is 1.74. The van der Waals surface area contributed by atoms with Crippen molar-refractivity contribution < 1.29 is 4.74 Å². The fraction of sp³-hybridized carbons (Fsp3) is 0.625. The molecule has 0 amide bonds. The third kappa shape index (κ3) is 3.71. The molecule has 1 N–H and O–H groups in total. The summed E-state index contributed by atoms with van der Waals surface area (Å²) in [5.41, 5.74) is 2.78. The standard InChI is InChI=1S/C16H26N2O/c1-13-10-14(2)18(12-13)16-7-5-4-6-15(16)11-17-8-9-19-3/h4-7,13-14,17H,8-12H2,1-3H3. The van der Waals surface area contributed by atoms with Crippen LogP contribution in [0.5, 0.6) is 0 Å². The Hall–Kier alpha value is -1.06. The third-order valence-corrected chi connectivity index (χ3v) is 3.88. The number of nitrogens with one attached hydrogen (secondary N) is 1. The molecule has 0 radical (unpaired) electrons. The maximum atomic E-state index is 5.07. The highest BCUT2D eigenvalue weighted by molar-refractivity contribution is 5.55. The number of rotatable bonds is 6. The second-order valence-corrected chi connectivity index (χ2v) is 5.64. The molecule has 2 atom stereocenters. The van der Waals surface area contributed by atoms with Gasteiger partial charge in [0.25, 0.3) is 0 Å². The van der Waals surface area contributed by atoms with Crippen LogP contribution in [0.25, 0.3) is 0 Å². The molecule has 106 valence electrons. The van der Waals surface area contributed by atoms with Gasteiger partial charge in [0.15, 0.2) is 0 Å². The van der Waals surface area contributed by atoms with Crippen LogP contribution in [0.2, 0.25) is 0 Å². The Labute approximate surface area is 116 Å². The number of nitrogens with zero attached hydrogens (tertiary/aromatic N) is 1. The number of methoxy groups -OCH3 is 1. The Morgan fingerprint density at radius 1 is 1.32 bits per heavy atom. The summed E-state index contributed by atoms with van der Waals surface area (Å²) in [4.78, 5) is 2.55. The molecule has 3 heteroatoms. The van der Waals surface area contributed by atoms with Crippen LogP contribution >= 0.6 is 0 Å². The van der Waals surface area contributed by atoms with Crippen LogP contribution in [0, 0.1) is 5.92 Å². The van der Waals surface area contributed by atoms with Gasteiger partial charge >= 0.3 is 0 Å². The van der Waals surface area contributed by atoms with E-state index in [0.29, 0.717) is 6.04 Å². The van der Waals surface area contributed by atoms with Crippen LogP contribution in [-0.2, 0) is 11.3 Å². The summed E-state index contributed by atoms with van der Waals surface area (Å²) in [6.07, 6.45) is 1.30. The normalized spacial score (nSPS) is 23.0. The highest BCUT2D eigenvalue weighted by atomic mass is 16.5. The van der Waals surface area contributed by atoms with Crippen LogP contribution in [0.15, 0.2) is 24.3 Å². The Morgan fingerprint density at radius 3 is 2.79 bits per heavy atom. The van der Waals surface area contributed by atoms with Crippen molar-refractivity contribution in [3.63, 3.8) is 0 Å². The lowest BCUT2D eigenvalue weighted by Crippen LogP contribution is -2.29. The predicted molar refractivity (Wildman–Crippen MR) is 80.6 cm³/mol. The zero-order chi connectivity index (χ0) is 13.7.